The zero-order valence-electron chi connectivity index (χ0n) is 8.64. The highest BCUT2D eigenvalue weighted by atomic mass is 16.5. The number of hydrogen-bond acceptors (Lipinski definition) is 2. The van der Waals surface area contributed by atoms with Crippen molar-refractivity contribution in [2.24, 2.45) is 0 Å². The van der Waals surface area contributed by atoms with Gasteiger partial charge in [0.05, 0.1) is 7.11 Å². The Bertz CT molecular complexity index is 299. The van der Waals surface area contributed by atoms with Crippen molar-refractivity contribution in [2.45, 2.75) is 26.2 Å². The number of benzene rings is 1. The van der Waals surface area contributed by atoms with Crippen molar-refractivity contribution in [3.63, 3.8) is 0 Å². The van der Waals surface area contributed by atoms with Crippen LogP contribution in [-0.4, -0.2) is 7.11 Å². The molecule has 0 spiro atoms. The molecule has 0 fully saturated rings. The summed E-state index contributed by atoms with van der Waals surface area (Å²) < 4.78 is 5.25. The van der Waals surface area contributed by atoms with Crippen molar-refractivity contribution in [1.82, 2.24) is 0 Å². The third-order valence-electron chi connectivity index (χ3n) is 1.96. The minimum Gasteiger partial charge on any atom is -0.496 e. The van der Waals surface area contributed by atoms with Crippen LogP contribution >= 0.6 is 0 Å². The Labute approximate surface area is 79.7 Å². The number of nitrogens with two attached hydrogens (primary N) is 1. The lowest BCUT2D eigenvalue weighted by atomic mass is 9.86. The number of rotatable bonds is 1. The van der Waals surface area contributed by atoms with Gasteiger partial charge in [0.1, 0.15) is 5.75 Å². The van der Waals surface area contributed by atoms with Crippen LogP contribution in [0, 0.1) is 6.07 Å². The van der Waals surface area contributed by atoms with Crippen molar-refractivity contribution < 1.29 is 4.74 Å². The molecule has 0 bridgehead atoms. The van der Waals surface area contributed by atoms with E-state index in [0.29, 0.717) is 5.69 Å². The molecule has 13 heavy (non-hydrogen) atoms. The van der Waals surface area contributed by atoms with Crippen LogP contribution in [0.3, 0.4) is 0 Å². The minimum absolute atomic E-state index is 0.0650. The molecular formula is C11H16NO. The first-order valence-electron chi connectivity index (χ1n) is 4.31. The molecule has 0 amide bonds. The Balaban J connectivity index is 3.22. The smallest absolute Gasteiger partial charge is 0.124 e. The van der Waals surface area contributed by atoms with Gasteiger partial charge in [0.15, 0.2) is 0 Å². The van der Waals surface area contributed by atoms with E-state index in [1.807, 2.05) is 6.07 Å². The van der Waals surface area contributed by atoms with E-state index >= 15 is 0 Å². The number of hydrogen-bond donors (Lipinski definition) is 1. The van der Waals surface area contributed by atoms with Crippen molar-refractivity contribution in [2.75, 3.05) is 12.8 Å². The lowest BCUT2D eigenvalue weighted by molar-refractivity contribution is 0.398. The van der Waals surface area contributed by atoms with Crippen molar-refractivity contribution in [3.05, 3.63) is 23.8 Å². The first kappa shape index (κ1) is 9.90. The highest BCUT2D eigenvalue weighted by molar-refractivity contribution is 5.49. The molecule has 0 saturated carbocycles. The van der Waals surface area contributed by atoms with Gasteiger partial charge in [0, 0.05) is 23.4 Å². The van der Waals surface area contributed by atoms with E-state index < -0.39 is 0 Å². The number of nitrogen functional groups attached to an aromatic ring is 1. The molecule has 1 aromatic rings. The fourth-order valence-corrected chi connectivity index (χ4v) is 1.24. The van der Waals surface area contributed by atoms with Crippen LogP contribution in [0.5, 0.6) is 5.75 Å². The molecule has 1 aromatic carbocycles. The fraction of sp³-hybridized carbons (Fsp3) is 0.455. The molecule has 0 aliphatic carbocycles. The maximum Gasteiger partial charge on any atom is 0.124 e. The Morgan fingerprint density at radius 1 is 1.38 bits per heavy atom. The van der Waals surface area contributed by atoms with E-state index in [0.717, 1.165) is 11.3 Å². The van der Waals surface area contributed by atoms with E-state index in [2.05, 4.69) is 26.8 Å². The summed E-state index contributed by atoms with van der Waals surface area (Å²) in [6.07, 6.45) is 0. The summed E-state index contributed by atoms with van der Waals surface area (Å²) in [6.45, 7) is 6.40. The maximum absolute atomic E-state index is 5.61. The van der Waals surface area contributed by atoms with Crippen LogP contribution in [0.1, 0.15) is 26.3 Å². The van der Waals surface area contributed by atoms with Crippen LogP contribution in [0.2, 0.25) is 0 Å². The molecule has 2 nitrogen and oxygen atoms in total. The minimum atomic E-state index is 0.0650. The van der Waals surface area contributed by atoms with Gasteiger partial charge in [-0.25, -0.2) is 0 Å². The van der Waals surface area contributed by atoms with Crippen LogP contribution in [-0.2, 0) is 5.41 Å². The van der Waals surface area contributed by atoms with Gasteiger partial charge in [-0.1, -0.05) is 20.8 Å². The normalized spacial score (nSPS) is 11.4. The van der Waals surface area contributed by atoms with Crippen LogP contribution in [0.15, 0.2) is 12.1 Å². The third kappa shape index (κ3) is 2.14. The standard InChI is InChI=1S/C11H16NO/c1-11(2,3)9-6-5-8(12)7-10(9)13-4/h6-7H,12H2,1-4H3. The van der Waals surface area contributed by atoms with Gasteiger partial charge in [-0.2, -0.15) is 0 Å². The second-order valence-corrected chi connectivity index (χ2v) is 4.12. The molecule has 1 radical (unpaired) electrons. The Morgan fingerprint density at radius 3 is 2.46 bits per heavy atom. The largest absolute Gasteiger partial charge is 0.496 e. The van der Waals surface area contributed by atoms with Gasteiger partial charge in [-0.05, 0) is 11.5 Å². The second-order valence-electron chi connectivity index (χ2n) is 4.12. The Kier molecular flexibility index (Phi) is 2.50. The summed E-state index contributed by atoms with van der Waals surface area (Å²) >= 11 is 0. The van der Waals surface area contributed by atoms with E-state index in [1.165, 1.54) is 0 Å². The van der Waals surface area contributed by atoms with E-state index in [1.54, 1.807) is 13.2 Å². The van der Waals surface area contributed by atoms with E-state index in [9.17, 15) is 0 Å². The predicted molar refractivity (Wildman–Crippen MR) is 54.9 cm³/mol. The van der Waals surface area contributed by atoms with E-state index in [4.69, 9.17) is 10.5 Å². The maximum atomic E-state index is 5.61. The number of methoxy groups -OCH3 is 1. The van der Waals surface area contributed by atoms with Gasteiger partial charge < -0.3 is 10.5 Å². The average molecular weight is 178 g/mol. The van der Waals surface area contributed by atoms with Crippen molar-refractivity contribution in [1.29, 1.82) is 0 Å². The molecule has 1 rings (SSSR count). The zero-order valence-corrected chi connectivity index (χ0v) is 8.64. The zero-order chi connectivity index (χ0) is 10.1. The quantitative estimate of drug-likeness (QED) is 0.670. The van der Waals surface area contributed by atoms with Gasteiger partial charge in [-0.15, -0.1) is 0 Å². The summed E-state index contributed by atoms with van der Waals surface area (Å²) in [5.41, 5.74) is 7.42. The topological polar surface area (TPSA) is 35.2 Å². The van der Waals surface area contributed by atoms with Gasteiger partial charge in [0.2, 0.25) is 0 Å². The highest BCUT2D eigenvalue weighted by Crippen LogP contribution is 2.32. The van der Waals surface area contributed by atoms with Gasteiger partial charge in [-0.3, -0.25) is 0 Å². The summed E-state index contributed by atoms with van der Waals surface area (Å²) in [5, 5.41) is 0. The van der Waals surface area contributed by atoms with Crippen LogP contribution in [0.4, 0.5) is 5.69 Å². The van der Waals surface area contributed by atoms with Crippen LogP contribution in [0.25, 0.3) is 0 Å². The average Bonchev–Trinajstić information content (AvgIpc) is 2.01. The number of ether oxygens (including phenoxy) is 1. The molecule has 0 aliphatic heterocycles. The SMILES string of the molecule is COc1cc(N)[c]cc1C(C)(C)C. The molecule has 2 N–H and O–H groups in total. The highest BCUT2D eigenvalue weighted by Gasteiger charge is 2.18. The van der Waals surface area contributed by atoms with Crippen molar-refractivity contribution >= 4 is 5.69 Å². The molecule has 0 aromatic heterocycles. The van der Waals surface area contributed by atoms with Crippen molar-refractivity contribution in [3.8, 4) is 5.75 Å². The predicted octanol–water partition coefficient (Wildman–Crippen LogP) is 2.38. The van der Waals surface area contributed by atoms with Crippen LogP contribution < -0.4 is 10.5 Å². The summed E-state index contributed by atoms with van der Waals surface area (Å²) in [7, 11) is 1.66. The fourth-order valence-electron chi connectivity index (χ4n) is 1.24. The molecular weight excluding hydrogens is 162 g/mol. The molecule has 0 aliphatic rings. The van der Waals surface area contributed by atoms with Gasteiger partial charge >= 0.3 is 0 Å². The Morgan fingerprint density at radius 2 is 2.00 bits per heavy atom. The molecule has 0 heterocycles. The first-order chi connectivity index (χ1) is 5.95. The number of anilines is 1. The lowest BCUT2D eigenvalue weighted by Crippen LogP contribution is -2.12. The molecule has 0 atom stereocenters. The third-order valence-corrected chi connectivity index (χ3v) is 1.96. The molecule has 0 unspecified atom stereocenters. The summed E-state index contributed by atoms with van der Waals surface area (Å²) in [5.74, 6) is 0.837. The first-order valence-corrected chi connectivity index (χ1v) is 4.31. The van der Waals surface area contributed by atoms with Gasteiger partial charge in [0.25, 0.3) is 0 Å². The molecule has 0 saturated heterocycles. The summed E-state index contributed by atoms with van der Waals surface area (Å²) in [4.78, 5) is 0. The monoisotopic (exact) mass is 178 g/mol. The second kappa shape index (κ2) is 3.29. The lowest BCUT2D eigenvalue weighted by Gasteiger charge is -2.21. The molecule has 2 heteroatoms. The summed E-state index contributed by atoms with van der Waals surface area (Å²) in [6, 6.07) is 6.68. The van der Waals surface area contributed by atoms with E-state index in [-0.39, 0.29) is 5.41 Å². The Hall–Kier alpha value is -1.18. The molecule has 71 valence electrons.